The van der Waals surface area contributed by atoms with Gasteiger partial charge >= 0.3 is 0 Å². The summed E-state index contributed by atoms with van der Waals surface area (Å²) in [6, 6.07) is 13.2. The summed E-state index contributed by atoms with van der Waals surface area (Å²) in [5.41, 5.74) is 3.00. The Morgan fingerprint density at radius 2 is 1.96 bits per heavy atom. The predicted molar refractivity (Wildman–Crippen MR) is 86.7 cm³/mol. The number of carbonyl (C=O) groups is 1. The number of aliphatic hydroxyl groups excluding tert-OH is 1. The first-order valence-electron chi connectivity index (χ1n) is 7.34. The number of fused-ring (bicyclic) bond motifs is 1. The highest BCUT2D eigenvalue weighted by Gasteiger charge is 2.13. The average molecular weight is 312 g/mol. The summed E-state index contributed by atoms with van der Waals surface area (Å²) in [5.74, 6) is -0.654. The number of halogens is 1. The van der Waals surface area contributed by atoms with Gasteiger partial charge in [0.05, 0.1) is 6.10 Å². The highest BCUT2D eigenvalue weighted by atomic mass is 19.1. The molecule has 1 heterocycles. The van der Waals surface area contributed by atoms with Crippen molar-refractivity contribution in [2.24, 2.45) is 0 Å². The summed E-state index contributed by atoms with van der Waals surface area (Å²) in [6.45, 7) is 2.04. The predicted octanol–water partition coefficient (Wildman–Crippen LogP) is 3.08. The number of aromatic amines is 1. The number of amides is 1. The lowest BCUT2D eigenvalue weighted by molar-refractivity contribution is 0.0912. The molecule has 5 heteroatoms. The van der Waals surface area contributed by atoms with Gasteiger partial charge in [0.15, 0.2) is 0 Å². The van der Waals surface area contributed by atoms with Crippen LogP contribution in [0.5, 0.6) is 0 Å². The molecule has 0 aliphatic rings. The van der Waals surface area contributed by atoms with Crippen molar-refractivity contribution in [2.75, 3.05) is 6.54 Å². The molecule has 1 unspecified atom stereocenters. The van der Waals surface area contributed by atoms with Crippen LogP contribution in [0.3, 0.4) is 0 Å². The SMILES string of the molecule is Cc1ccc2cc(C(=O)NCC(O)c3ccc(F)cc3)[nH]c2c1. The summed E-state index contributed by atoms with van der Waals surface area (Å²) < 4.78 is 12.9. The topological polar surface area (TPSA) is 65.1 Å². The number of carbonyl (C=O) groups excluding carboxylic acids is 1. The van der Waals surface area contributed by atoms with Crippen LogP contribution in [0, 0.1) is 12.7 Å². The minimum absolute atomic E-state index is 0.0544. The van der Waals surface area contributed by atoms with E-state index in [1.165, 1.54) is 24.3 Å². The van der Waals surface area contributed by atoms with Crippen molar-refractivity contribution in [3.8, 4) is 0 Å². The van der Waals surface area contributed by atoms with E-state index in [1.54, 1.807) is 6.07 Å². The molecule has 1 atom stereocenters. The van der Waals surface area contributed by atoms with Gasteiger partial charge in [-0.1, -0.05) is 24.3 Å². The Labute approximate surface area is 133 Å². The minimum Gasteiger partial charge on any atom is -0.387 e. The van der Waals surface area contributed by atoms with E-state index in [9.17, 15) is 14.3 Å². The molecule has 0 bridgehead atoms. The molecule has 3 rings (SSSR count). The number of nitrogens with one attached hydrogen (secondary N) is 2. The van der Waals surface area contributed by atoms with Crippen molar-refractivity contribution < 1.29 is 14.3 Å². The number of hydrogen-bond donors (Lipinski definition) is 3. The van der Waals surface area contributed by atoms with Crippen LogP contribution in [0.4, 0.5) is 4.39 Å². The van der Waals surface area contributed by atoms with Gasteiger partial charge in [0.1, 0.15) is 11.5 Å². The fourth-order valence-corrected chi connectivity index (χ4v) is 2.45. The van der Waals surface area contributed by atoms with Crippen LogP contribution in [0.1, 0.15) is 27.7 Å². The molecule has 2 aromatic carbocycles. The maximum absolute atomic E-state index is 12.9. The van der Waals surface area contributed by atoms with Crippen molar-refractivity contribution in [1.82, 2.24) is 10.3 Å². The summed E-state index contributed by atoms with van der Waals surface area (Å²) >= 11 is 0. The van der Waals surface area contributed by atoms with Crippen LogP contribution in [0.2, 0.25) is 0 Å². The Kier molecular flexibility index (Phi) is 4.12. The maximum Gasteiger partial charge on any atom is 0.267 e. The number of benzene rings is 2. The fraction of sp³-hybridized carbons (Fsp3) is 0.167. The molecule has 1 aromatic heterocycles. The molecule has 3 N–H and O–H groups in total. The number of aromatic nitrogens is 1. The van der Waals surface area contributed by atoms with Crippen molar-refractivity contribution >= 4 is 16.8 Å². The third-order valence-electron chi connectivity index (χ3n) is 3.73. The quantitative estimate of drug-likeness (QED) is 0.693. The second-order valence-electron chi connectivity index (χ2n) is 5.55. The standard InChI is InChI=1S/C18H17FN2O2/c1-11-2-3-13-9-16(21-15(13)8-11)18(23)20-10-17(22)12-4-6-14(19)7-5-12/h2-9,17,21-22H,10H2,1H3,(H,20,23). The third-order valence-corrected chi connectivity index (χ3v) is 3.73. The third kappa shape index (κ3) is 3.40. The van der Waals surface area contributed by atoms with Crippen molar-refractivity contribution in [3.63, 3.8) is 0 Å². The van der Waals surface area contributed by atoms with Gasteiger partial charge in [-0.05, 0) is 42.3 Å². The minimum atomic E-state index is -0.883. The van der Waals surface area contributed by atoms with E-state index in [-0.39, 0.29) is 18.3 Å². The number of aliphatic hydroxyl groups is 1. The van der Waals surface area contributed by atoms with Crippen LogP contribution in [0.15, 0.2) is 48.5 Å². The van der Waals surface area contributed by atoms with Crippen molar-refractivity contribution in [1.29, 1.82) is 0 Å². The normalized spacial score (nSPS) is 12.3. The van der Waals surface area contributed by atoms with Crippen LogP contribution in [-0.2, 0) is 0 Å². The second-order valence-corrected chi connectivity index (χ2v) is 5.55. The molecule has 0 spiro atoms. The summed E-state index contributed by atoms with van der Waals surface area (Å²) in [6.07, 6.45) is -0.883. The lowest BCUT2D eigenvalue weighted by Gasteiger charge is -2.11. The summed E-state index contributed by atoms with van der Waals surface area (Å²) in [5, 5.41) is 13.7. The lowest BCUT2D eigenvalue weighted by atomic mass is 10.1. The Bertz CT molecular complexity index is 840. The molecule has 0 saturated heterocycles. The average Bonchev–Trinajstić information content (AvgIpc) is 2.96. The second kappa shape index (κ2) is 6.22. The van der Waals surface area contributed by atoms with E-state index in [0.717, 1.165) is 16.5 Å². The Morgan fingerprint density at radius 3 is 2.70 bits per heavy atom. The zero-order valence-corrected chi connectivity index (χ0v) is 12.6. The number of hydrogen-bond acceptors (Lipinski definition) is 2. The van der Waals surface area contributed by atoms with E-state index in [1.807, 2.05) is 25.1 Å². The largest absolute Gasteiger partial charge is 0.387 e. The maximum atomic E-state index is 12.9. The first-order valence-corrected chi connectivity index (χ1v) is 7.34. The zero-order chi connectivity index (χ0) is 16.4. The molecule has 0 radical (unpaired) electrons. The fourth-order valence-electron chi connectivity index (χ4n) is 2.45. The van der Waals surface area contributed by atoms with Gasteiger partial charge in [-0.2, -0.15) is 0 Å². The molecule has 23 heavy (non-hydrogen) atoms. The van der Waals surface area contributed by atoms with E-state index in [4.69, 9.17) is 0 Å². The smallest absolute Gasteiger partial charge is 0.267 e. The van der Waals surface area contributed by atoms with Crippen LogP contribution in [-0.4, -0.2) is 22.5 Å². The van der Waals surface area contributed by atoms with Gasteiger partial charge in [0.2, 0.25) is 0 Å². The molecule has 4 nitrogen and oxygen atoms in total. The van der Waals surface area contributed by atoms with Gasteiger partial charge in [0, 0.05) is 17.4 Å². The first kappa shape index (κ1) is 15.2. The highest BCUT2D eigenvalue weighted by Crippen LogP contribution is 2.17. The Balaban J connectivity index is 1.67. The van der Waals surface area contributed by atoms with E-state index in [2.05, 4.69) is 10.3 Å². The summed E-state index contributed by atoms with van der Waals surface area (Å²) in [7, 11) is 0. The van der Waals surface area contributed by atoms with Crippen LogP contribution in [0.25, 0.3) is 10.9 Å². The van der Waals surface area contributed by atoms with Crippen LogP contribution >= 0.6 is 0 Å². The molecule has 0 fully saturated rings. The monoisotopic (exact) mass is 312 g/mol. The first-order chi connectivity index (χ1) is 11.0. The number of rotatable bonds is 4. The van der Waals surface area contributed by atoms with E-state index < -0.39 is 6.10 Å². The zero-order valence-electron chi connectivity index (χ0n) is 12.6. The van der Waals surface area contributed by atoms with Gasteiger partial charge in [-0.3, -0.25) is 4.79 Å². The molecular weight excluding hydrogens is 295 g/mol. The molecule has 3 aromatic rings. The Morgan fingerprint density at radius 1 is 1.22 bits per heavy atom. The highest BCUT2D eigenvalue weighted by molar-refractivity contribution is 5.98. The summed E-state index contributed by atoms with van der Waals surface area (Å²) in [4.78, 5) is 15.2. The number of H-pyrrole nitrogens is 1. The van der Waals surface area contributed by atoms with Crippen molar-refractivity contribution in [3.05, 3.63) is 71.2 Å². The molecule has 0 aliphatic carbocycles. The van der Waals surface area contributed by atoms with E-state index >= 15 is 0 Å². The molecule has 118 valence electrons. The van der Waals surface area contributed by atoms with Gasteiger partial charge in [-0.25, -0.2) is 4.39 Å². The lowest BCUT2D eigenvalue weighted by Crippen LogP contribution is -2.28. The van der Waals surface area contributed by atoms with E-state index in [0.29, 0.717) is 11.3 Å². The Hall–Kier alpha value is -2.66. The van der Waals surface area contributed by atoms with Crippen LogP contribution < -0.4 is 5.32 Å². The van der Waals surface area contributed by atoms with Gasteiger partial charge < -0.3 is 15.4 Å². The molecule has 0 aliphatic heterocycles. The molecule has 1 amide bonds. The number of aryl methyl sites for hydroxylation is 1. The molecule has 0 saturated carbocycles. The molecular formula is C18H17FN2O2. The van der Waals surface area contributed by atoms with Crippen molar-refractivity contribution in [2.45, 2.75) is 13.0 Å². The van der Waals surface area contributed by atoms with Gasteiger partial charge in [0.25, 0.3) is 5.91 Å². The van der Waals surface area contributed by atoms with Gasteiger partial charge in [-0.15, -0.1) is 0 Å².